The Balaban J connectivity index is 2.44. The first-order valence-electron chi connectivity index (χ1n) is 12.1. The Bertz CT molecular complexity index is 867. The molecule has 1 atom stereocenters. The number of ketones is 1. The van der Waals surface area contributed by atoms with Crippen molar-refractivity contribution in [1.29, 1.82) is 0 Å². The zero-order valence-corrected chi connectivity index (χ0v) is 21.0. The molecule has 0 aliphatic carbocycles. The quantitative estimate of drug-likeness (QED) is 0.347. The second-order valence-electron chi connectivity index (χ2n) is 8.57. The van der Waals surface area contributed by atoms with Crippen LogP contribution in [0.2, 0.25) is 0 Å². The minimum atomic E-state index is -3.03. The molecule has 34 heavy (non-hydrogen) atoms. The van der Waals surface area contributed by atoms with Gasteiger partial charge in [0.15, 0.2) is 6.61 Å². The maximum atomic E-state index is 16.4. The van der Waals surface area contributed by atoms with E-state index in [2.05, 4.69) is 5.43 Å². The summed E-state index contributed by atoms with van der Waals surface area (Å²) in [4.78, 5) is 39.4. The van der Waals surface area contributed by atoms with Gasteiger partial charge in [-0.25, -0.2) is 19.4 Å². The van der Waals surface area contributed by atoms with Crippen LogP contribution in [0.1, 0.15) is 90.4 Å². The van der Waals surface area contributed by atoms with Crippen LogP contribution >= 0.6 is 0 Å². The average molecular weight is 481 g/mol. The number of rotatable bonds is 9. The van der Waals surface area contributed by atoms with Crippen LogP contribution in [0.15, 0.2) is 24.3 Å². The Kier molecular flexibility index (Phi) is 8.91. The minimum absolute atomic E-state index is 0.0398. The highest BCUT2D eigenvalue weighted by molar-refractivity contribution is 6.06. The molecule has 1 aliphatic heterocycles. The summed E-state index contributed by atoms with van der Waals surface area (Å²) in [6, 6.07) is 6.14. The van der Waals surface area contributed by atoms with Crippen LogP contribution < -0.4 is 10.2 Å². The van der Waals surface area contributed by atoms with Crippen molar-refractivity contribution in [3.63, 3.8) is 0 Å². The monoisotopic (exact) mass is 480 g/mol. The van der Waals surface area contributed by atoms with Gasteiger partial charge in [0.2, 0.25) is 5.78 Å². The molecule has 0 unspecified atom stereocenters. The summed E-state index contributed by atoms with van der Waals surface area (Å²) in [7, 11) is 0. The van der Waals surface area contributed by atoms with Crippen molar-refractivity contribution in [3.8, 4) is 5.75 Å². The van der Waals surface area contributed by atoms with Gasteiger partial charge in [-0.05, 0) is 50.7 Å². The lowest BCUT2D eigenvalue weighted by Gasteiger charge is -2.40. The number of carbonyl (C=O) groups excluding carboxylic acids is 3. The van der Waals surface area contributed by atoms with E-state index in [0.29, 0.717) is 38.5 Å². The topological polar surface area (TPSA) is 94.2 Å². The van der Waals surface area contributed by atoms with E-state index in [1.165, 1.54) is 12.1 Å². The first kappa shape index (κ1) is 27.4. The van der Waals surface area contributed by atoms with Gasteiger partial charge in [-0.3, -0.25) is 4.79 Å². The third-order valence-electron chi connectivity index (χ3n) is 7.12. The van der Waals surface area contributed by atoms with E-state index >= 15 is 4.39 Å². The summed E-state index contributed by atoms with van der Waals surface area (Å²) in [5, 5.41) is 0.287. The lowest BCUT2D eigenvalue weighted by Crippen LogP contribution is -2.66. The standard InChI is InChI=1S/C25H37FN2O6/c1-7-23(8-2,9-3)33-21(30)27-28(22(31)34-24(10-4,11-5)12-6)25(26)17-32-19-16-14-13-15-18(19)20(25)29/h13-16H,7-12,17H2,1-6H3,(H,27,30)/t25-/m1/s1. The number of Topliss-reactive ketones (excluding diaryl/α,β-unsaturated/α-hetero) is 1. The molecule has 0 saturated carbocycles. The summed E-state index contributed by atoms with van der Waals surface area (Å²) in [5.74, 6) is -3.85. The molecule has 0 aromatic heterocycles. The highest BCUT2D eigenvalue weighted by Crippen LogP contribution is 2.35. The van der Waals surface area contributed by atoms with Crippen molar-refractivity contribution in [1.82, 2.24) is 10.4 Å². The third-order valence-corrected chi connectivity index (χ3v) is 7.12. The van der Waals surface area contributed by atoms with E-state index in [0.717, 1.165) is 0 Å². The van der Waals surface area contributed by atoms with E-state index in [1.807, 2.05) is 41.5 Å². The van der Waals surface area contributed by atoms with Gasteiger partial charge in [-0.2, -0.15) is 5.01 Å². The number of hydrogen-bond donors (Lipinski definition) is 1. The molecule has 1 heterocycles. The molecule has 0 radical (unpaired) electrons. The first-order chi connectivity index (χ1) is 16.1. The number of benzene rings is 1. The van der Waals surface area contributed by atoms with Gasteiger partial charge in [-0.1, -0.05) is 53.7 Å². The van der Waals surface area contributed by atoms with Crippen molar-refractivity contribution >= 4 is 18.0 Å². The van der Waals surface area contributed by atoms with Crippen molar-refractivity contribution in [3.05, 3.63) is 29.8 Å². The van der Waals surface area contributed by atoms with Gasteiger partial charge in [0.25, 0.3) is 0 Å². The molecule has 0 spiro atoms. The van der Waals surface area contributed by atoms with Crippen LogP contribution in [-0.2, 0) is 9.47 Å². The van der Waals surface area contributed by atoms with E-state index in [1.54, 1.807) is 12.1 Å². The van der Waals surface area contributed by atoms with Crippen LogP contribution in [-0.4, -0.2) is 46.6 Å². The Hall–Kier alpha value is -2.84. The van der Waals surface area contributed by atoms with Gasteiger partial charge in [0.1, 0.15) is 17.0 Å². The largest absolute Gasteiger partial charge is 0.487 e. The summed E-state index contributed by atoms with van der Waals surface area (Å²) in [6.07, 6.45) is 0.747. The van der Waals surface area contributed by atoms with E-state index < -0.39 is 41.6 Å². The number of nitrogens with zero attached hydrogens (tertiary/aromatic N) is 1. The van der Waals surface area contributed by atoms with Crippen LogP contribution in [0.25, 0.3) is 0 Å². The number of alkyl halides is 1. The van der Waals surface area contributed by atoms with E-state index in [9.17, 15) is 14.4 Å². The highest BCUT2D eigenvalue weighted by Gasteiger charge is 2.55. The Morgan fingerprint density at radius 3 is 2.00 bits per heavy atom. The number of ether oxygens (including phenoxy) is 3. The van der Waals surface area contributed by atoms with E-state index in [4.69, 9.17) is 14.2 Å². The number of fused-ring (bicyclic) bond motifs is 1. The molecule has 9 heteroatoms. The zero-order chi connectivity index (χ0) is 25.6. The van der Waals surface area contributed by atoms with Gasteiger partial charge in [0.05, 0.1) is 5.56 Å². The first-order valence-corrected chi connectivity index (χ1v) is 12.1. The molecular weight excluding hydrogens is 443 g/mol. The van der Waals surface area contributed by atoms with Crippen molar-refractivity contribution in [2.24, 2.45) is 0 Å². The summed E-state index contributed by atoms with van der Waals surface area (Å²) in [6.45, 7) is 10.3. The number of carbonyl (C=O) groups is 3. The molecule has 1 N–H and O–H groups in total. The van der Waals surface area contributed by atoms with Gasteiger partial charge in [-0.15, -0.1) is 0 Å². The predicted octanol–water partition coefficient (Wildman–Crippen LogP) is 5.94. The van der Waals surface area contributed by atoms with Crippen molar-refractivity contribution in [2.45, 2.75) is 97.1 Å². The molecule has 2 amide bonds. The Morgan fingerprint density at radius 2 is 1.47 bits per heavy atom. The second-order valence-corrected chi connectivity index (χ2v) is 8.57. The summed E-state index contributed by atoms with van der Waals surface area (Å²) >= 11 is 0. The molecule has 1 aromatic rings. The highest BCUT2D eigenvalue weighted by atomic mass is 19.1. The fraction of sp³-hybridized carbons (Fsp3) is 0.640. The molecule has 1 aromatic carbocycles. The smallest absolute Gasteiger partial charge is 0.432 e. The predicted molar refractivity (Wildman–Crippen MR) is 125 cm³/mol. The zero-order valence-electron chi connectivity index (χ0n) is 21.0. The summed E-state index contributed by atoms with van der Waals surface area (Å²) in [5.41, 5.74) is 0.453. The lowest BCUT2D eigenvalue weighted by atomic mass is 9.94. The maximum Gasteiger partial charge on any atom is 0.432 e. The number of para-hydroxylation sites is 1. The van der Waals surface area contributed by atoms with E-state index in [-0.39, 0.29) is 16.3 Å². The number of amides is 2. The fourth-order valence-electron chi connectivity index (χ4n) is 4.15. The van der Waals surface area contributed by atoms with Crippen LogP contribution in [0.4, 0.5) is 14.0 Å². The fourth-order valence-corrected chi connectivity index (χ4v) is 4.15. The lowest BCUT2D eigenvalue weighted by molar-refractivity contribution is -0.0948. The average Bonchev–Trinajstić information content (AvgIpc) is 2.87. The molecular formula is C25H37FN2O6. The molecule has 1 aliphatic rings. The molecule has 0 saturated heterocycles. The Morgan fingerprint density at radius 1 is 0.971 bits per heavy atom. The van der Waals surface area contributed by atoms with Crippen LogP contribution in [0, 0.1) is 0 Å². The second kappa shape index (κ2) is 11.1. The van der Waals surface area contributed by atoms with Crippen LogP contribution in [0.3, 0.4) is 0 Å². The number of hydrogen-bond acceptors (Lipinski definition) is 6. The normalized spacial score (nSPS) is 17.9. The number of nitrogens with one attached hydrogen (secondary N) is 1. The van der Waals surface area contributed by atoms with Gasteiger partial charge in [0, 0.05) is 0 Å². The summed E-state index contributed by atoms with van der Waals surface area (Å²) < 4.78 is 33.1. The molecule has 0 fully saturated rings. The van der Waals surface area contributed by atoms with Crippen molar-refractivity contribution in [2.75, 3.05) is 6.61 Å². The molecule has 190 valence electrons. The molecule has 8 nitrogen and oxygen atoms in total. The van der Waals surface area contributed by atoms with Gasteiger partial charge < -0.3 is 14.2 Å². The number of halogens is 1. The molecule has 2 rings (SSSR count). The van der Waals surface area contributed by atoms with Crippen LogP contribution in [0.5, 0.6) is 5.75 Å². The number of hydrazine groups is 1. The van der Waals surface area contributed by atoms with Gasteiger partial charge >= 0.3 is 18.0 Å². The minimum Gasteiger partial charge on any atom is -0.487 e. The van der Waals surface area contributed by atoms with Crippen molar-refractivity contribution < 1.29 is 33.0 Å². The maximum absolute atomic E-state index is 16.4. The SMILES string of the molecule is CCC(CC)(CC)OC(=O)NN(C(=O)OC(CC)(CC)CC)[C@]1(F)COc2ccccc2C1=O. The Labute approximate surface area is 201 Å². The third kappa shape index (κ3) is 5.28. The molecule has 0 bridgehead atoms.